The van der Waals surface area contributed by atoms with Crippen LogP contribution in [0.25, 0.3) is 0 Å². The first-order valence-corrected chi connectivity index (χ1v) is 10.0. The zero-order valence-corrected chi connectivity index (χ0v) is 16.9. The summed E-state index contributed by atoms with van der Waals surface area (Å²) < 4.78 is 0. The minimum absolute atomic E-state index is 0.165. The van der Waals surface area contributed by atoms with E-state index in [1.54, 1.807) is 12.1 Å². The van der Waals surface area contributed by atoms with Crippen LogP contribution in [-0.2, 0) is 27.2 Å². The van der Waals surface area contributed by atoms with Gasteiger partial charge in [-0.25, -0.2) is 4.90 Å². The van der Waals surface area contributed by atoms with Crippen molar-refractivity contribution in [3.8, 4) is 0 Å². The summed E-state index contributed by atoms with van der Waals surface area (Å²) in [6.45, 7) is 3.93. The van der Waals surface area contributed by atoms with Crippen molar-refractivity contribution < 1.29 is 14.4 Å². The molecule has 8 heteroatoms. The highest BCUT2D eigenvalue weighted by Crippen LogP contribution is 2.31. The summed E-state index contributed by atoms with van der Waals surface area (Å²) in [5.41, 5.74) is 3.46. The predicted molar refractivity (Wildman–Crippen MR) is 112 cm³/mol. The van der Waals surface area contributed by atoms with E-state index in [9.17, 15) is 14.4 Å². The average Bonchev–Trinajstić information content (AvgIpc) is 3.28. The van der Waals surface area contributed by atoms with Crippen molar-refractivity contribution in [1.82, 2.24) is 5.01 Å². The van der Waals surface area contributed by atoms with E-state index in [0.717, 1.165) is 23.3 Å². The molecule has 0 spiro atoms. The maximum Gasteiger partial charge on any atom is 0.263 e. The van der Waals surface area contributed by atoms with Gasteiger partial charge in [0.05, 0.1) is 5.69 Å². The van der Waals surface area contributed by atoms with Crippen molar-refractivity contribution in [3.05, 3.63) is 59.7 Å². The van der Waals surface area contributed by atoms with Gasteiger partial charge in [-0.05, 0) is 48.2 Å². The van der Waals surface area contributed by atoms with E-state index in [0.29, 0.717) is 11.4 Å². The SMILES string of the molecule is CCc1ccc(NC(=O)CN2N=N[C@H]3C(=O)N(c4ccc(CC)cc4)C(=O)[C@@H]32)cc1. The third kappa shape index (κ3) is 3.56. The van der Waals surface area contributed by atoms with Crippen molar-refractivity contribution in [1.29, 1.82) is 0 Å². The van der Waals surface area contributed by atoms with Gasteiger partial charge in [0.1, 0.15) is 6.54 Å². The molecule has 2 atom stereocenters. The first-order chi connectivity index (χ1) is 14.5. The molecule has 0 saturated carbocycles. The Balaban J connectivity index is 1.45. The van der Waals surface area contributed by atoms with Crippen molar-refractivity contribution >= 4 is 29.1 Å². The minimum Gasteiger partial charge on any atom is -0.324 e. The molecule has 0 radical (unpaired) electrons. The van der Waals surface area contributed by atoms with Gasteiger partial charge in [0.2, 0.25) is 5.91 Å². The molecular weight excluding hydrogens is 382 g/mol. The number of carbonyl (C=O) groups is 3. The van der Waals surface area contributed by atoms with Crippen LogP contribution in [0.3, 0.4) is 0 Å². The third-order valence-electron chi connectivity index (χ3n) is 5.41. The lowest BCUT2D eigenvalue weighted by Gasteiger charge is -2.20. The van der Waals surface area contributed by atoms with Crippen LogP contribution in [0.15, 0.2) is 58.9 Å². The molecule has 2 heterocycles. The highest BCUT2D eigenvalue weighted by atomic mass is 16.2. The van der Waals surface area contributed by atoms with Crippen molar-refractivity contribution in [2.75, 3.05) is 16.8 Å². The molecule has 1 N–H and O–H groups in total. The van der Waals surface area contributed by atoms with Crippen LogP contribution in [0, 0.1) is 0 Å². The maximum atomic E-state index is 13.0. The molecule has 8 nitrogen and oxygen atoms in total. The van der Waals surface area contributed by atoms with Crippen LogP contribution in [0.4, 0.5) is 11.4 Å². The van der Waals surface area contributed by atoms with Gasteiger partial charge in [-0.3, -0.25) is 19.4 Å². The number of carbonyl (C=O) groups excluding carboxylic acids is 3. The Kier molecular flexibility index (Phi) is 5.31. The molecule has 4 rings (SSSR count). The van der Waals surface area contributed by atoms with Gasteiger partial charge in [0.25, 0.3) is 11.8 Å². The average molecular weight is 405 g/mol. The number of aryl methyl sites for hydroxylation is 2. The lowest BCUT2D eigenvalue weighted by atomic mass is 10.1. The van der Waals surface area contributed by atoms with Gasteiger partial charge in [-0.1, -0.05) is 43.3 Å². The van der Waals surface area contributed by atoms with E-state index >= 15 is 0 Å². The molecule has 1 fully saturated rings. The second kappa shape index (κ2) is 8.06. The van der Waals surface area contributed by atoms with E-state index in [-0.39, 0.29) is 12.5 Å². The van der Waals surface area contributed by atoms with Crippen molar-refractivity contribution in [2.24, 2.45) is 10.3 Å². The number of fused-ring (bicyclic) bond motifs is 1. The van der Waals surface area contributed by atoms with E-state index in [1.165, 1.54) is 10.6 Å². The summed E-state index contributed by atoms with van der Waals surface area (Å²) >= 11 is 0. The molecule has 2 aromatic carbocycles. The lowest BCUT2D eigenvalue weighted by Crippen LogP contribution is -2.43. The molecular formula is C22H23N5O3. The monoisotopic (exact) mass is 405 g/mol. The van der Waals surface area contributed by atoms with Gasteiger partial charge in [-0.2, -0.15) is 5.11 Å². The number of rotatable bonds is 6. The minimum atomic E-state index is -0.917. The Morgan fingerprint density at radius 3 is 2.13 bits per heavy atom. The van der Waals surface area contributed by atoms with Crippen LogP contribution in [-0.4, -0.2) is 41.4 Å². The molecule has 0 unspecified atom stereocenters. The zero-order valence-electron chi connectivity index (χ0n) is 16.9. The summed E-state index contributed by atoms with van der Waals surface area (Å²) in [6.07, 6.45) is 1.78. The highest BCUT2D eigenvalue weighted by molar-refractivity contribution is 6.25. The second-order valence-corrected chi connectivity index (χ2v) is 7.32. The number of hydrogen-bond donors (Lipinski definition) is 1. The van der Waals surface area contributed by atoms with E-state index < -0.39 is 23.9 Å². The van der Waals surface area contributed by atoms with Gasteiger partial charge in [0.15, 0.2) is 12.1 Å². The summed E-state index contributed by atoms with van der Waals surface area (Å²) in [7, 11) is 0. The largest absolute Gasteiger partial charge is 0.324 e. The number of benzene rings is 2. The molecule has 0 aliphatic carbocycles. The normalized spacial score (nSPS) is 20.1. The summed E-state index contributed by atoms with van der Waals surface area (Å²) in [6, 6.07) is 13.0. The number of imide groups is 1. The Hall–Kier alpha value is -3.55. The van der Waals surface area contributed by atoms with E-state index in [1.807, 2.05) is 43.3 Å². The highest BCUT2D eigenvalue weighted by Gasteiger charge is 2.55. The first-order valence-electron chi connectivity index (χ1n) is 10.0. The van der Waals surface area contributed by atoms with E-state index in [4.69, 9.17) is 0 Å². The molecule has 3 amide bonds. The van der Waals surface area contributed by atoms with Crippen LogP contribution in [0.1, 0.15) is 25.0 Å². The number of nitrogens with one attached hydrogen (secondary N) is 1. The van der Waals surface area contributed by atoms with Crippen molar-refractivity contribution in [2.45, 2.75) is 38.8 Å². The standard InChI is InChI=1S/C22H23N5O3/c1-3-14-5-9-16(10-6-14)23-18(28)13-26-20-19(24-25-26)21(29)27(22(20)30)17-11-7-15(4-2)8-12-17/h5-12,19-20H,3-4,13H2,1-2H3,(H,23,28)/t19-,20-/m1/s1. The fraction of sp³-hybridized carbons (Fsp3) is 0.318. The third-order valence-corrected chi connectivity index (χ3v) is 5.41. The van der Waals surface area contributed by atoms with Crippen LogP contribution in [0.5, 0.6) is 0 Å². The predicted octanol–water partition coefficient (Wildman–Crippen LogP) is 2.74. The van der Waals surface area contributed by atoms with Crippen LogP contribution >= 0.6 is 0 Å². The Morgan fingerprint density at radius 1 is 0.933 bits per heavy atom. The van der Waals surface area contributed by atoms with Crippen LogP contribution < -0.4 is 10.2 Å². The molecule has 2 aliphatic heterocycles. The number of hydrogen-bond acceptors (Lipinski definition) is 6. The molecule has 1 saturated heterocycles. The number of anilines is 2. The topological polar surface area (TPSA) is 94.4 Å². The van der Waals surface area contributed by atoms with Gasteiger partial charge in [0, 0.05) is 5.69 Å². The molecule has 0 bridgehead atoms. The molecule has 154 valence electrons. The molecule has 30 heavy (non-hydrogen) atoms. The van der Waals surface area contributed by atoms with Gasteiger partial charge >= 0.3 is 0 Å². The Morgan fingerprint density at radius 2 is 1.53 bits per heavy atom. The van der Waals surface area contributed by atoms with Crippen molar-refractivity contribution in [3.63, 3.8) is 0 Å². The second-order valence-electron chi connectivity index (χ2n) is 7.32. The number of amides is 3. The first kappa shape index (κ1) is 19.8. The lowest BCUT2D eigenvalue weighted by molar-refractivity contribution is -0.123. The quantitative estimate of drug-likeness (QED) is 0.748. The summed E-state index contributed by atoms with van der Waals surface area (Å²) in [4.78, 5) is 39.3. The maximum absolute atomic E-state index is 13.0. The number of nitrogens with zero attached hydrogens (tertiary/aromatic N) is 4. The van der Waals surface area contributed by atoms with Gasteiger partial charge in [-0.15, -0.1) is 0 Å². The fourth-order valence-corrected chi connectivity index (χ4v) is 3.66. The Bertz CT molecular complexity index is 1000. The molecule has 2 aliphatic rings. The zero-order chi connectivity index (χ0) is 21.3. The van der Waals surface area contributed by atoms with Gasteiger partial charge < -0.3 is 5.32 Å². The Labute approximate surface area is 174 Å². The molecule has 0 aromatic heterocycles. The van der Waals surface area contributed by atoms with E-state index in [2.05, 4.69) is 22.6 Å². The summed E-state index contributed by atoms with van der Waals surface area (Å²) in [5.74, 6) is -1.17. The molecule has 2 aromatic rings. The smallest absolute Gasteiger partial charge is 0.263 e. The summed E-state index contributed by atoms with van der Waals surface area (Å²) in [5, 5.41) is 12.0. The van der Waals surface area contributed by atoms with Crippen LogP contribution in [0.2, 0.25) is 0 Å². The fourth-order valence-electron chi connectivity index (χ4n) is 3.66.